The molecule has 0 saturated carbocycles. The molecule has 0 bridgehead atoms. The van der Waals surface area contributed by atoms with Crippen molar-refractivity contribution in [1.82, 2.24) is 4.90 Å². The number of halogens is 4. The van der Waals surface area contributed by atoms with E-state index in [0.717, 1.165) is 38.1 Å². The minimum absolute atomic E-state index is 0.0648. The van der Waals surface area contributed by atoms with Crippen molar-refractivity contribution in [2.24, 2.45) is 5.92 Å². The first-order valence-electron chi connectivity index (χ1n) is 6.91. The molecule has 0 aromatic heterocycles. The first-order valence-corrected chi connectivity index (χ1v) is 8.44. The highest BCUT2D eigenvalue weighted by molar-refractivity contribution is 14.1. The average Bonchev–Trinajstić information content (AvgIpc) is 2.96. The van der Waals surface area contributed by atoms with Gasteiger partial charge in [-0.05, 0) is 38.1 Å². The second-order valence-corrected chi connectivity index (χ2v) is 6.18. The lowest BCUT2D eigenvalue weighted by molar-refractivity contribution is -0.137. The molecule has 1 atom stereocenters. The second kappa shape index (κ2) is 7.09. The van der Waals surface area contributed by atoms with Crippen molar-refractivity contribution in [1.29, 1.82) is 0 Å². The Morgan fingerprint density at radius 2 is 1.76 bits per heavy atom. The van der Waals surface area contributed by atoms with E-state index in [9.17, 15) is 18.0 Å². The SMILES string of the molecule is O=C(c1ccc(C(F)(F)F)cc1)C(CI)CN1CCCC1. The van der Waals surface area contributed by atoms with Gasteiger partial charge in [-0.25, -0.2) is 0 Å². The molecule has 0 N–H and O–H groups in total. The first-order chi connectivity index (χ1) is 9.91. The molecule has 2 nitrogen and oxygen atoms in total. The van der Waals surface area contributed by atoms with E-state index in [1.165, 1.54) is 12.1 Å². The van der Waals surface area contributed by atoms with E-state index in [1.807, 2.05) is 0 Å². The lowest BCUT2D eigenvalue weighted by atomic mass is 9.98. The Kier molecular flexibility index (Phi) is 5.65. The van der Waals surface area contributed by atoms with Gasteiger partial charge in [-0.1, -0.05) is 34.7 Å². The Morgan fingerprint density at radius 1 is 1.19 bits per heavy atom. The summed E-state index contributed by atoms with van der Waals surface area (Å²) >= 11 is 2.17. The predicted octanol–water partition coefficient (Wildman–Crippen LogP) is 4.04. The molecule has 21 heavy (non-hydrogen) atoms. The van der Waals surface area contributed by atoms with Gasteiger partial charge in [0.15, 0.2) is 5.78 Å². The van der Waals surface area contributed by atoms with Crippen LogP contribution in [0.2, 0.25) is 0 Å². The molecule has 1 heterocycles. The zero-order chi connectivity index (χ0) is 15.5. The molecule has 1 fully saturated rings. The maximum Gasteiger partial charge on any atom is 0.416 e. The van der Waals surface area contributed by atoms with E-state index in [1.54, 1.807) is 0 Å². The zero-order valence-corrected chi connectivity index (χ0v) is 13.7. The third-order valence-electron chi connectivity index (χ3n) is 3.73. The molecule has 1 aliphatic heterocycles. The topological polar surface area (TPSA) is 20.3 Å². The van der Waals surface area contributed by atoms with E-state index in [2.05, 4.69) is 27.5 Å². The fraction of sp³-hybridized carbons (Fsp3) is 0.533. The third kappa shape index (κ3) is 4.42. The summed E-state index contributed by atoms with van der Waals surface area (Å²) in [5.74, 6) is -0.217. The van der Waals surface area contributed by atoms with Crippen LogP contribution >= 0.6 is 22.6 Å². The summed E-state index contributed by atoms with van der Waals surface area (Å²) in [4.78, 5) is 14.7. The molecular formula is C15H17F3INO. The summed E-state index contributed by atoms with van der Waals surface area (Å²) in [6.07, 6.45) is -2.05. The maximum atomic E-state index is 12.5. The number of alkyl halides is 4. The Labute approximate surface area is 135 Å². The van der Waals surface area contributed by atoms with E-state index in [0.29, 0.717) is 16.5 Å². The molecule has 1 unspecified atom stereocenters. The van der Waals surface area contributed by atoms with Crippen LogP contribution in [-0.2, 0) is 6.18 Å². The highest BCUT2D eigenvalue weighted by atomic mass is 127. The van der Waals surface area contributed by atoms with Gasteiger partial charge in [0.05, 0.1) is 5.56 Å². The Hall–Kier alpha value is -0.630. The Balaban J connectivity index is 2.06. The normalized spacial score (nSPS) is 17.9. The Bertz CT molecular complexity index is 481. The van der Waals surface area contributed by atoms with Gasteiger partial charge < -0.3 is 4.90 Å². The van der Waals surface area contributed by atoms with Gasteiger partial charge in [0.2, 0.25) is 0 Å². The number of nitrogens with zero attached hydrogens (tertiary/aromatic N) is 1. The molecule has 0 spiro atoms. The monoisotopic (exact) mass is 411 g/mol. The van der Waals surface area contributed by atoms with Crippen LogP contribution < -0.4 is 0 Å². The van der Waals surface area contributed by atoms with Gasteiger partial charge in [-0.3, -0.25) is 4.79 Å². The molecule has 0 aliphatic carbocycles. The lowest BCUT2D eigenvalue weighted by Gasteiger charge is -2.21. The first kappa shape index (κ1) is 16.7. The summed E-state index contributed by atoms with van der Waals surface area (Å²) in [5, 5.41) is 0. The van der Waals surface area contributed by atoms with E-state index in [-0.39, 0.29) is 11.7 Å². The van der Waals surface area contributed by atoms with Crippen molar-refractivity contribution in [2.45, 2.75) is 19.0 Å². The molecule has 0 amide bonds. The fourth-order valence-electron chi connectivity index (χ4n) is 2.54. The summed E-state index contributed by atoms with van der Waals surface area (Å²) < 4.78 is 38.2. The van der Waals surface area contributed by atoms with Crippen LogP contribution in [0, 0.1) is 5.92 Å². The number of carbonyl (C=O) groups is 1. The van der Waals surface area contributed by atoms with Crippen LogP contribution in [0.25, 0.3) is 0 Å². The minimum atomic E-state index is -4.36. The van der Waals surface area contributed by atoms with Gasteiger partial charge >= 0.3 is 6.18 Å². The van der Waals surface area contributed by atoms with Crippen molar-refractivity contribution in [2.75, 3.05) is 24.1 Å². The minimum Gasteiger partial charge on any atom is -0.303 e. The molecule has 116 valence electrons. The molecule has 1 aromatic rings. The molecular weight excluding hydrogens is 394 g/mol. The van der Waals surface area contributed by atoms with Crippen LogP contribution in [0.4, 0.5) is 13.2 Å². The molecule has 1 aliphatic rings. The van der Waals surface area contributed by atoms with Crippen molar-refractivity contribution in [3.8, 4) is 0 Å². The molecule has 2 rings (SSSR count). The lowest BCUT2D eigenvalue weighted by Crippen LogP contribution is -2.32. The zero-order valence-electron chi connectivity index (χ0n) is 11.5. The van der Waals surface area contributed by atoms with E-state index in [4.69, 9.17) is 0 Å². The van der Waals surface area contributed by atoms with Crippen LogP contribution in [0.15, 0.2) is 24.3 Å². The highest BCUT2D eigenvalue weighted by Crippen LogP contribution is 2.29. The fourth-order valence-corrected chi connectivity index (χ4v) is 3.22. The third-order valence-corrected chi connectivity index (χ3v) is 4.79. The van der Waals surface area contributed by atoms with Crippen molar-refractivity contribution in [3.63, 3.8) is 0 Å². The molecule has 1 aromatic carbocycles. The van der Waals surface area contributed by atoms with Gasteiger partial charge in [0.25, 0.3) is 0 Å². The number of carbonyl (C=O) groups excluding carboxylic acids is 1. The van der Waals surface area contributed by atoms with Gasteiger partial charge in [0.1, 0.15) is 0 Å². The summed E-state index contributed by atoms with van der Waals surface area (Å²) in [5.41, 5.74) is -0.353. The average molecular weight is 411 g/mol. The highest BCUT2D eigenvalue weighted by Gasteiger charge is 2.31. The number of rotatable bonds is 5. The Morgan fingerprint density at radius 3 is 2.24 bits per heavy atom. The number of likely N-dealkylation sites (tertiary alicyclic amines) is 1. The number of hydrogen-bond donors (Lipinski definition) is 0. The quantitative estimate of drug-likeness (QED) is 0.414. The van der Waals surface area contributed by atoms with Crippen LogP contribution in [0.5, 0.6) is 0 Å². The number of ketones is 1. The van der Waals surface area contributed by atoms with Crippen molar-refractivity contribution in [3.05, 3.63) is 35.4 Å². The van der Waals surface area contributed by atoms with Crippen molar-refractivity contribution < 1.29 is 18.0 Å². The van der Waals surface area contributed by atoms with E-state index >= 15 is 0 Å². The van der Waals surface area contributed by atoms with Gasteiger partial charge in [-0.2, -0.15) is 13.2 Å². The number of Topliss-reactive ketones (excluding diaryl/α,β-unsaturated/α-hetero) is 1. The van der Waals surface area contributed by atoms with Crippen LogP contribution in [0.3, 0.4) is 0 Å². The molecule has 6 heteroatoms. The number of benzene rings is 1. The van der Waals surface area contributed by atoms with Crippen LogP contribution in [0.1, 0.15) is 28.8 Å². The number of hydrogen-bond acceptors (Lipinski definition) is 2. The largest absolute Gasteiger partial charge is 0.416 e. The van der Waals surface area contributed by atoms with Gasteiger partial charge in [0, 0.05) is 22.5 Å². The summed E-state index contributed by atoms with van der Waals surface area (Å²) in [6.45, 7) is 2.71. The maximum absolute atomic E-state index is 12.5. The van der Waals surface area contributed by atoms with Gasteiger partial charge in [-0.15, -0.1) is 0 Å². The second-order valence-electron chi connectivity index (χ2n) is 5.30. The summed E-state index contributed by atoms with van der Waals surface area (Å²) in [7, 11) is 0. The smallest absolute Gasteiger partial charge is 0.303 e. The predicted molar refractivity (Wildman–Crippen MR) is 83.8 cm³/mol. The van der Waals surface area contributed by atoms with Crippen LogP contribution in [-0.4, -0.2) is 34.7 Å². The summed E-state index contributed by atoms with van der Waals surface area (Å²) in [6, 6.07) is 4.53. The molecule has 1 saturated heterocycles. The molecule has 0 radical (unpaired) electrons. The van der Waals surface area contributed by atoms with Crippen molar-refractivity contribution >= 4 is 28.4 Å². The standard InChI is InChI=1S/C15H17F3INO/c16-15(17,18)13-5-3-11(4-6-13)14(21)12(9-19)10-20-7-1-2-8-20/h3-6,12H,1-2,7-10H2. The van der Waals surface area contributed by atoms with E-state index < -0.39 is 11.7 Å².